The molecule has 0 radical (unpaired) electrons. The van der Waals surface area contributed by atoms with Crippen molar-refractivity contribution < 1.29 is 0 Å². The molecule has 0 heterocycles. The highest BCUT2D eigenvalue weighted by Gasteiger charge is 1.93. The van der Waals surface area contributed by atoms with Crippen LogP contribution in [0.1, 0.15) is 5.56 Å². The van der Waals surface area contributed by atoms with E-state index in [-0.39, 0.29) is 0 Å². The summed E-state index contributed by atoms with van der Waals surface area (Å²) in [5.41, 5.74) is 9.50. The molecule has 0 spiro atoms. The molecule has 0 saturated carbocycles. The van der Waals surface area contributed by atoms with E-state index in [1.807, 2.05) is 12.1 Å². The molecule has 0 aliphatic carbocycles. The van der Waals surface area contributed by atoms with E-state index in [2.05, 4.69) is 10.0 Å². The summed E-state index contributed by atoms with van der Waals surface area (Å²) in [4.78, 5) is 2.68. The lowest BCUT2D eigenvalue weighted by Crippen LogP contribution is -1.71. The number of azide groups is 1. The van der Waals surface area contributed by atoms with Gasteiger partial charge in [-0.2, -0.15) is 5.26 Å². The van der Waals surface area contributed by atoms with Gasteiger partial charge < -0.3 is 0 Å². The molecule has 0 aromatic heterocycles. The summed E-state index contributed by atoms with van der Waals surface area (Å²) in [5.74, 6) is 0. The average molecular weight is 170 g/mol. The fourth-order valence-electron chi connectivity index (χ4n) is 0.895. The van der Waals surface area contributed by atoms with Gasteiger partial charge in [-0.15, -0.1) is 0 Å². The molecular weight excluding hydrogens is 164 g/mol. The lowest BCUT2D eigenvalue weighted by molar-refractivity contribution is 1.46. The number of nitrogens with zero attached hydrogens (tertiary/aromatic N) is 4. The summed E-state index contributed by atoms with van der Waals surface area (Å²) in [5, 5.41) is 11.8. The number of benzene rings is 1. The maximum absolute atomic E-state index is 8.31. The van der Waals surface area contributed by atoms with Gasteiger partial charge in [0.05, 0.1) is 6.07 Å². The Labute approximate surface area is 75.4 Å². The minimum atomic E-state index is 0.525. The first-order valence-corrected chi connectivity index (χ1v) is 3.59. The second kappa shape index (κ2) is 4.60. The molecule has 0 fully saturated rings. The number of rotatable bonds is 2. The Morgan fingerprint density at radius 2 is 2.23 bits per heavy atom. The Morgan fingerprint density at radius 1 is 1.46 bits per heavy atom. The van der Waals surface area contributed by atoms with E-state index in [1.54, 1.807) is 24.3 Å². The van der Waals surface area contributed by atoms with Crippen molar-refractivity contribution in [2.24, 2.45) is 5.11 Å². The van der Waals surface area contributed by atoms with E-state index < -0.39 is 0 Å². The topological polar surface area (TPSA) is 72.5 Å². The summed E-state index contributed by atoms with van der Waals surface area (Å²) in [7, 11) is 0. The highest BCUT2D eigenvalue weighted by Crippen LogP contribution is 2.19. The van der Waals surface area contributed by atoms with E-state index in [4.69, 9.17) is 10.8 Å². The van der Waals surface area contributed by atoms with E-state index in [9.17, 15) is 0 Å². The van der Waals surface area contributed by atoms with Crippen LogP contribution in [0.5, 0.6) is 0 Å². The SMILES string of the molecule is N#CC=Cc1ccccc1N=[N+]=[N-]. The second-order valence-electron chi connectivity index (χ2n) is 2.21. The number of hydrogen-bond donors (Lipinski definition) is 0. The first-order chi connectivity index (χ1) is 6.38. The molecule has 4 nitrogen and oxygen atoms in total. The third-order valence-corrected chi connectivity index (χ3v) is 1.43. The molecule has 0 amide bonds. The Kier molecular flexibility index (Phi) is 3.13. The summed E-state index contributed by atoms with van der Waals surface area (Å²) < 4.78 is 0. The van der Waals surface area contributed by atoms with E-state index >= 15 is 0 Å². The quantitative estimate of drug-likeness (QED) is 0.290. The summed E-state index contributed by atoms with van der Waals surface area (Å²) >= 11 is 0. The molecule has 0 bridgehead atoms. The van der Waals surface area contributed by atoms with Gasteiger partial charge in [0.1, 0.15) is 0 Å². The van der Waals surface area contributed by atoms with Crippen molar-refractivity contribution in [1.82, 2.24) is 0 Å². The van der Waals surface area contributed by atoms with Gasteiger partial charge in [0.15, 0.2) is 0 Å². The van der Waals surface area contributed by atoms with Crippen LogP contribution in [0.3, 0.4) is 0 Å². The van der Waals surface area contributed by atoms with Crippen LogP contribution in [0.15, 0.2) is 35.5 Å². The third-order valence-electron chi connectivity index (χ3n) is 1.43. The molecule has 0 N–H and O–H groups in total. The zero-order valence-corrected chi connectivity index (χ0v) is 6.75. The summed E-state index contributed by atoms with van der Waals surface area (Å²) in [6.07, 6.45) is 2.94. The molecule has 1 rings (SSSR count). The monoisotopic (exact) mass is 170 g/mol. The van der Waals surface area contributed by atoms with Crippen molar-refractivity contribution in [2.75, 3.05) is 0 Å². The molecule has 0 aliphatic rings. The minimum absolute atomic E-state index is 0.525. The van der Waals surface area contributed by atoms with Crippen LogP contribution < -0.4 is 0 Å². The van der Waals surface area contributed by atoms with Crippen molar-refractivity contribution >= 4 is 11.8 Å². The van der Waals surface area contributed by atoms with Crippen molar-refractivity contribution in [3.8, 4) is 6.07 Å². The Bertz CT molecular complexity index is 408. The van der Waals surface area contributed by atoms with Crippen molar-refractivity contribution in [3.05, 3.63) is 46.3 Å². The Balaban J connectivity index is 3.13. The van der Waals surface area contributed by atoms with Gasteiger partial charge in [-0.05, 0) is 17.2 Å². The smallest absolute Gasteiger partial charge is 0.0912 e. The van der Waals surface area contributed by atoms with Crippen molar-refractivity contribution in [3.63, 3.8) is 0 Å². The predicted molar refractivity (Wildman–Crippen MR) is 49.9 cm³/mol. The molecule has 0 aliphatic heterocycles. The van der Waals surface area contributed by atoms with Crippen LogP contribution in [0, 0.1) is 11.3 Å². The first kappa shape index (κ1) is 8.85. The Morgan fingerprint density at radius 3 is 2.92 bits per heavy atom. The van der Waals surface area contributed by atoms with Crippen LogP contribution in [0.25, 0.3) is 16.5 Å². The summed E-state index contributed by atoms with van der Waals surface area (Å²) in [6, 6.07) is 8.92. The fraction of sp³-hybridized carbons (Fsp3) is 0. The van der Waals surface area contributed by atoms with E-state index in [1.165, 1.54) is 6.08 Å². The van der Waals surface area contributed by atoms with Crippen LogP contribution in [-0.4, -0.2) is 0 Å². The van der Waals surface area contributed by atoms with Gasteiger partial charge in [-0.25, -0.2) is 0 Å². The maximum Gasteiger partial charge on any atom is 0.0912 e. The van der Waals surface area contributed by atoms with Crippen molar-refractivity contribution in [1.29, 1.82) is 5.26 Å². The number of hydrogen-bond acceptors (Lipinski definition) is 2. The van der Waals surface area contributed by atoms with Crippen LogP contribution >= 0.6 is 0 Å². The largest absolute Gasteiger partial charge is 0.193 e. The molecule has 13 heavy (non-hydrogen) atoms. The van der Waals surface area contributed by atoms with Crippen LogP contribution in [-0.2, 0) is 0 Å². The van der Waals surface area contributed by atoms with Gasteiger partial charge in [-0.3, -0.25) is 0 Å². The van der Waals surface area contributed by atoms with Gasteiger partial charge in [0.25, 0.3) is 0 Å². The predicted octanol–water partition coefficient (Wildman–Crippen LogP) is 3.17. The van der Waals surface area contributed by atoms with Gasteiger partial charge in [-0.1, -0.05) is 29.4 Å². The van der Waals surface area contributed by atoms with Gasteiger partial charge >= 0.3 is 0 Å². The molecule has 1 aromatic rings. The molecule has 0 unspecified atom stereocenters. The zero-order chi connectivity index (χ0) is 9.52. The van der Waals surface area contributed by atoms with Gasteiger partial charge in [0, 0.05) is 16.7 Å². The van der Waals surface area contributed by atoms with E-state index in [0.29, 0.717) is 5.69 Å². The standard InChI is InChI=1S/C9H6N4/c10-7-3-5-8-4-1-2-6-9(8)12-13-11/h1-6H. The average Bonchev–Trinajstić information content (AvgIpc) is 2.17. The maximum atomic E-state index is 8.31. The molecular formula is C9H6N4. The Hall–Kier alpha value is -2.24. The first-order valence-electron chi connectivity index (χ1n) is 3.59. The molecule has 0 atom stereocenters. The normalized spacial score (nSPS) is 9.15. The summed E-state index contributed by atoms with van der Waals surface area (Å²) in [6.45, 7) is 0. The van der Waals surface area contributed by atoms with E-state index in [0.717, 1.165) is 5.56 Å². The molecule has 62 valence electrons. The lowest BCUT2D eigenvalue weighted by atomic mass is 10.2. The van der Waals surface area contributed by atoms with Crippen LogP contribution in [0.4, 0.5) is 5.69 Å². The van der Waals surface area contributed by atoms with Gasteiger partial charge in [0.2, 0.25) is 0 Å². The fourth-order valence-corrected chi connectivity index (χ4v) is 0.895. The second-order valence-corrected chi connectivity index (χ2v) is 2.21. The molecule has 1 aromatic carbocycles. The molecule has 4 heteroatoms. The zero-order valence-electron chi connectivity index (χ0n) is 6.75. The highest BCUT2D eigenvalue weighted by atomic mass is 15.1. The van der Waals surface area contributed by atoms with Crippen LogP contribution in [0.2, 0.25) is 0 Å². The van der Waals surface area contributed by atoms with Crippen molar-refractivity contribution in [2.45, 2.75) is 0 Å². The third kappa shape index (κ3) is 2.37. The number of nitriles is 1. The minimum Gasteiger partial charge on any atom is -0.193 e. The molecule has 0 saturated heterocycles. The highest BCUT2D eigenvalue weighted by molar-refractivity contribution is 5.64. The number of allylic oxidation sites excluding steroid dienone is 1. The lowest BCUT2D eigenvalue weighted by Gasteiger charge is -1.95.